The first-order valence-electron chi connectivity index (χ1n) is 11.6. The highest BCUT2D eigenvalue weighted by molar-refractivity contribution is 5.77. The van der Waals surface area contributed by atoms with E-state index in [1.165, 1.54) is 6.92 Å². The van der Waals surface area contributed by atoms with E-state index in [0.717, 1.165) is 12.7 Å². The highest BCUT2D eigenvalue weighted by Gasteiger charge is 2.60. The van der Waals surface area contributed by atoms with E-state index in [4.69, 9.17) is 33.2 Å². The van der Waals surface area contributed by atoms with Crippen molar-refractivity contribution in [2.45, 2.75) is 80.4 Å². The van der Waals surface area contributed by atoms with Crippen molar-refractivity contribution in [2.24, 2.45) is 0 Å². The first kappa shape index (κ1) is 25.9. The average molecular weight is 514 g/mol. The third-order valence-electron chi connectivity index (χ3n) is 6.75. The molecule has 5 rings (SSSR count). The molecule has 4 N–H and O–H groups in total. The van der Waals surface area contributed by atoms with Gasteiger partial charge in [-0.3, -0.25) is 0 Å². The van der Waals surface area contributed by atoms with Gasteiger partial charge in [0.2, 0.25) is 0 Å². The summed E-state index contributed by atoms with van der Waals surface area (Å²) in [4.78, 5) is 12.1. The lowest BCUT2D eigenvalue weighted by molar-refractivity contribution is -0.380. The number of fused-ring (bicyclic) bond motifs is 2. The molecule has 13 heteroatoms. The summed E-state index contributed by atoms with van der Waals surface area (Å²) >= 11 is 0. The van der Waals surface area contributed by atoms with Crippen molar-refractivity contribution in [2.75, 3.05) is 20.3 Å². The second-order valence-corrected chi connectivity index (χ2v) is 9.16. The van der Waals surface area contributed by atoms with Gasteiger partial charge in [0, 0.05) is 12.5 Å². The number of esters is 1. The van der Waals surface area contributed by atoms with E-state index in [9.17, 15) is 25.2 Å². The van der Waals surface area contributed by atoms with Gasteiger partial charge in [-0.25, -0.2) is 4.79 Å². The van der Waals surface area contributed by atoms with Crippen LogP contribution >= 0.6 is 0 Å². The molecule has 12 atom stereocenters. The number of hydrogen-bond donors (Lipinski definition) is 4. The first-order valence-corrected chi connectivity index (χ1v) is 11.6. The Hall–Kier alpha value is -1.75. The van der Waals surface area contributed by atoms with Gasteiger partial charge in [-0.15, -0.1) is 0 Å². The molecule has 0 saturated carbocycles. The fraction of sp³-hybridized carbons (Fsp3) is 0.696. The van der Waals surface area contributed by atoms with Crippen LogP contribution in [0.2, 0.25) is 0 Å². The number of aliphatic hydroxyl groups is 4. The highest BCUT2D eigenvalue weighted by atomic mass is 16.9. The molecule has 36 heavy (non-hydrogen) atoms. The van der Waals surface area contributed by atoms with E-state index in [-0.39, 0.29) is 6.61 Å². The van der Waals surface area contributed by atoms with Gasteiger partial charge in [-0.1, -0.05) is 30.3 Å². The van der Waals surface area contributed by atoms with Crippen molar-refractivity contribution in [3.63, 3.8) is 0 Å². The third kappa shape index (κ3) is 4.54. The number of aliphatic hydroxyl groups excluding tert-OH is 4. The Morgan fingerprint density at radius 3 is 2.47 bits per heavy atom. The standard InChI is InChI=1S/C23H30O13/c1-23(22(28)29-2)35-18-15(27)16(11(8-24)31-21(18)36-23)34-20-14(26)13(25)17-12(32-20)9-30-19(33-17)10-6-4-3-5-7-10/h3-7,11-21,24-27H,8-9H2,1-2H3/t11-,12?,13-,14?,15?,16-,17+,18?,19?,20+,21-,23?/m1/s1. The molecule has 0 bridgehead atoms. The molecule has 4 fully saturated rings. The summed E-state index contributed by atoms with van der Waals surface area (Å²) in [6.45, 7) is 0.763. The zero-order valence-electron chi connectivity index (χ0n) is 19.6. The maximum atomic E-state index is 12.1. The predicted molar refractivity (Wildman–Crippen MR) is 114 cm³/mol. The van der Waals surface area contributed by atoms with E-state index in [2.05, 4.69) is 4.74 Å². The molecule has 4 aliphatic heterocycles. The second-order valence-electron chi connectivity index (χ2n) is 9.16. The normalized spacial score (nSPS) is 46.6. The van der Waals surface area contributed by atoms with E-state index in [1.54, 1.807) is 0 Å². The van der Waals surface area contributed by atoms with Crippen LogP contribution in [0, 0.1) is 0 Å². The fourth-order valence-electron chi connectivity index (χ4n) is 4.85. The van der Waals surface area contributed by atoms with Crippen LogP contribution in [0.3, 0.4) is 0 Å². The van der Waals surface area contributed by atoms with Crippen molar-refractivity contribution in [1.29, 1.82) is 0 Å². The van der Waals surface area contributed by atoms with Crippen LogP contribution in [0.5, 0.6) is 0 Å². The van der Waals surface area contributed by atoms with Crippen molar-refractivity contribution in [3.8, 4) is 0 Å². The fourth-order valence-corrected chi connectivity index (χ4v) is 4.85. The van der Waals surface area contributed by atoms with Gasteiger partial charge in [0.05, 0.1) is 20.3 Å². The lowest BCUT2D eigenvalue weighted by atomic mass is 9.96. The molecular weight excluding hydrogens is 484 g/mol. The van der Waals surface area contributed by atoms with Crippen LogP contribution in [0.25, 0.3) is 0 Å². The number of carbonyl (C=O) groups excluding carboxylic acids is 1. The molecular formula is C23H30O13. The van der Waals surface area contributed by atoms with Crippen molar-refractivity contribution in [3.05, 3.63) is 35.9 Å². The summed E-state index contributed by atoms with van der Waals surface area (Å²) in [6.07, 6.45) is -13.1. The summed E-state index contributed by atoms with van der Waals surface area (Å²) in [7, 11) is 1.16. The van der Waals surface area contributed by atoms with E-state index < -0.39 is 86.1 Å². The monoisotopic (exact) mass is 514 g/mol. The number of benzene rings is 1. The summed E-state index contributed by atoms with van der Waals surface area (Å²) in [5.41, 5.74) is 0.747. The Morgan fingerprint density at radius 2 is 1.78 bits per heavy atom. The Bertz CT molecular complexity index is 915. The topological polar surface area (TPSA) is 172 Å². The summed E-state index contributed by atoms with van der Waals surface area (Å²) in [5, 5.41) is 42.4. The van der Waals surface area contributed by atoms with Crippen LogP contribution in [0.15, 0.2) is 30.3 Å². The molecule has 0 radical (unpaired) electrons. The van der Waals surface area contributed by atoms with Gasteiger partial charge in [-0.05, 0) is 0 Å². The molecule has 0 amide bonds. The highest BCUT2D eigenvalue weighted by Crippen LogP contribution is 2.40. The minimum Gasteiger partial charge on any atom is -0.465 e. The quantitative estimate of drug-likeness (QED) is 0.329. The molecule has 1 aromatic carbocycles. The largest absolute Gasteiger partial charge is 0.465 e. The maximum absolute atomic E-state index is 12.1. The van der Waals surface area contributed by atoms with Gasteiger partial charge < -0.3 is 58.3 Å². The van der Waals surface area contributed by atoms with E-state index >= 15 is 0 Å². The van der Waals surface area contributed by atoms with Crippen LogP contribution in [-0.2, 0) is 42.7 Å². The number of hydrogen-bond acceptors (Lipinski definition) is 13. The second kappa shape index (κ2) is 10.2. The Kier molecular flexibility index (Phi) is 7.33. The SMILES string of the molecule is COC(=O)C1(C)OC2C(O)[C@H](O[C@@H]3OC4COC(c5ccccc5)O[C@@H]4[C@H](O)C3O)[C@@H](CO)O[C@@H]2O1. The van der Waals surface area contributed by atoms with Gasteiger partial charge >= 0.3 is 5.97 Å². The number of methoxy groups -OCH3 is 1. The minimum atomic E-state index is -1.84. The molecule has 0 aromatic heterocycles. The summed E-state index contributed by atoms with van der Waals surface area (Å²) in [5.74, 6) is -2.67. The van der Waals surface area contributed by atoms with Crippen LogP contribution < -0.4 is 0 Å². The maximum Gasteiger partial charge on any atom is 0.366 e. The van der Waals surface area contributed by atoms with E-state index in [1.807, 2.05) is 30.3 Å². The van der Waals surface area contributed by atoms with E-state index in [0.29, 0.717) is 0 Å². The summed E-state index contributed by atoms with van der Waals surface area (Å²) in [6, 6.07) is 9.13. The van der Waals surface area contributed by atoms with Crippen LogP contribution in [0.1, 0.15) is 18.8 Å². The van der Waals surface area contributed by atoms with Gasteiger partial charge in [0.25, 0.3) is 5.79 Å². The summed E-state index contributed by atoms with van der Waals surface area (Å²) < 4.78 is 44.7. The zero-order chi connectivity index (χ0) is 25.6. The van der Waals surface area contributed by atoms with Crippen molar-refractivity contribution in [1.82, 2.24) is 0 Å². The minimum absolute atomic E-state index is 0.0418. The third-order valence-corrected chi connectivity index (χ3v) is 6.75. The van der Waals surface area contributed by atoms with Crippen LogP contribution in [0.4, 0.5) is 0 Å². The zero-order valence-corrected chi connectivity index (χ0v) is 19.6. The Morgan fingerprint density at radius 1 is 1.03 bits per heavy atom. The molecule has 0 spiro atoms. The molecule has 4 aliphatic rings. The molecule has 13 nitrogen and oxygen atoms in total. The van der Waals surface area contributed by atoms with Crippen molar-refractivity contribution >= 4 is 5.97 Å². The molecule has 0 aliphatic carbocycles. The first-order chi connectivity index (χ1) is 17.3. The Balaban J connectivity index is 1.27. The molecule has 4 heterocycles. The molecule has 200 valence electrons. The van der Waals surface area contributed by atoms with Crippen molar-refractivity contribution < 1.29 is 63.1 Å². The number of ether oxygens (including phenoxy) is 8. The molecule has 4 saturated heterocycles. The molecule has 6 unspecified atom stereocenters. The predicted octanol–water partition coefficient (Wildman–Crippen LogP) is -1.68. The lowest BCUT2D eigenvalue weighted by Gasteiger charge is -2.48. The average Bonchev–Trinajstić information content (AvgIpc) is 3.26. The number of carbonyl (C=O) groups is 1. The van der Waals surface area contributed by atoms with Gasteiger partial charge in [0.15, 0.2) is 18.9 Å². The number of rotatable bonds is 5. The van der Waals surface area contributed by atoms with Crippen LogP contribution in [-0.4, -0.2) is 114 Å². The smallest absolute Gasteiger partial charge is 0.366 e. The Labute approximate surface area is 206 Å². The molecule has 1 aromatic rings. The lowest BCUT2D eigenvalue weighted by Crippen LogP contribution is -2.65. The van der Waals surface area contributed by atoms with Gasteiger partial charge in [-0.2, -0.15) is 0 Å². The van der Waals surface area contributed by atoms with Gasteiger partial charge in [0.1, 0.15) is 48.8 Å².